The minimum absolute atomic E-state index is 0.311. The summed E-state index contributed by atoms with van der Waals surface area (Å²) >= 11 is 3.45. The highest BCUT2D eigenvalue weighted by atomic mass is 79.9. The van der Waals surface area contributed by atoms with Crippen molar-refractivity contribution in [2.24, 2.45) is 0 Å². The highest BCUT2D eigenvalue weighted by Gasteiger charge is 2.15. The van der Waals surface area contributed by atoms with Crippen LogP contribution < -0.4 is 5.76 Å². The Kier molecular flexibility index (Phi) is 3.42. The average molecular weight is 333 g/mol. The van der Waals surface area contributed by atoms with Gasteiger partial charge in [-0.1, -0.05) is 39.3 Å². The lowest BCUT2D eigenvalue weighted by Gasteiger charge is -2.05. The van der Waals surface area contributed by atoms with Gasteiger partial charge in [0.05, 0.1) is 6.54 Å². The SMILES string of the molecule is O=c1onc(-c2ncccn2)n1Cc1ccccc1Br. The van der Waals surface area contributed by atoms with Gasteiger partial charge in [-0.05, 0) is 17.7 Å². The molecule has 1 aromatic carbocycles. The Morgan fingerprint density at radius 1 is 1.15 bits per heavy atom. The van der Waals surface area contributed by atoms with Crippen LogP contribution in [0.1, 0.15) is 5.56 Å². The molecule has 0 amide bonds. The molecule has 2 aromatic heterocycles. The van der Waals surface area contributed by atoms with Crippen molar-refractivity contribution >= 4 is 15.9 Å². The van der Waals surface area contributed by atoms with Crippen molar-refractivity contribution in [3.05, 3.63) is 63.3 Å². The number of nitrogens with zero attached hydrogens (tertiary/aromatic N) is 4. The lowest BCUT2D eigenvalue weighted by atomic mass is 10.2. The van der Waals surface area contributed by atoms with E-state index in [1.54, 1.807) is 18.5 Å². The second-order valence-corrected chi connectivity index (χ2v) is 4.88. The summed E-state index contributed by atoms with van der Waals surface area (Å²) in [4.78, 5) is 20.0. The maximum Gasteiger partial charge on any atom is 0.442 e. The molecule has 0 saturated carbocycles. The first-order valence-corrected chi connectivity index (χ1v) is 6.62. The van der Waals surface area contributed by atoms with Crippen molar-refractivity contribution in [1.82, 2.24) is 19.7 Å². The predicted octanol–water partition coefficient (Wildman–Crippen LogP) is 2.10. The van der Waals surface area contributed by atoms with Gasteiger partial charge in [0.25, 0.3) is 0 Å². The van der Waals surface area contributed by atoms with Crippen LogP contribution in [0, 0.1) is 0 Å². The van der Waals surface area contributed by atoms with Gasteiger partial charge in [-0.3, -0.25) is 4.52 Å². The molecule has 7 heteroatoms. The van der Waals surface area contributed by atoms with Crippen LogP contribution >= 0.6 is 15.9 Å². The molecule has 0 aliphatic carbocycles. The van der Waals surface area contributed by atoms with Crippen molar-refractivity contribution in [2.45, 2.75) is 6.54 Å². The number of rotatable bonds is 3. The van der Waals surface area contributed by atoms with Crippen molar-refractivity contribution in [2.75, 3.05) is 0 Å². The molecular weight excluding hydrogens is 324 g/mol. The zero-order valence-electron chi connectivity index (χ0n) is 10.2. The Morgan fingerprint density at radius 2 is 1.90 bits per heavy atom. The summed E-state index contributed by atoms with van der Waals surface area (Å²) < 4.78 is 7.03. The molecule has 0 unspecified atom stereocenters. The third-order valence-corrected chi connectivity index (χ3v) is 3.51. The number of benzene rings is 1. The number of hydrogen-bond acceptors (Lipinski definition) is 5. The summed E-state index contributed by atoms with van der Waals surface area (Å²) in [5.74, 6) is 0.125. The van der Waals surface area contributed by atoms with E-state index in [4.69, 9.17) is 4.52 Å². The first kappa shape index (κ1) is 12.7. The van der Waals surface area contributed by atoms with E-state index < -0.39 is 5.76 Å². The Balaban J connectivity index is 2.05. The first-order chi connectivity index (χ1) is 9.75. The third kappa shape index (κ3) is 2.39. The van der Waals surface area contributed by atoms with E-state index in [-0.39, 0.29) is 0 Å². The van der Waals surface area contributed by atoms with E-state index in [1.807, 2.05) is 24.3 Å². The van der Waals surface area contributed by atoms with Crippen molar-refractivity contribution in [3.63, 3.8) is 0 Å². The fraction of sp³-hybridized carbons (Fsp3) is 0.0769. The van der Waals surface area contributed by atoms with Crippen LogP contribution in [0.15, 0.2) is 56.5 Å². The van der Waals surface area contributed by atoms with Crippen LogP contribution in [-0.2, 0) is 6.54 Å². The molecule has 0 fully saturated rings. The third-order valence-electron chi connectivity index (χ3n) is 2.74. The molecule has 0 N–H and O–H groups in total. The van der Waals surface area contributed by atoms with Gasteiger partial charge in [0.15, 0.2) is 5.82 Å². The van der Waals surface area contributed by atoms with Gasteiger partial charge in [0, 0.05) is 16.9 Å². The van der Waals surface area contributed by atoms with E-state index in [1.165, 1.54) is 4.57 Å². The maximum absolute atomic E-state index is 11.8. The van der Waals surface area contributed by atoms with Crippen LogP contribution in [0.25, 0.3) is 11.6 Å². The summed E-state index contributed by atoms with van der Waals surface area (Å²) in [6.07, 6.45) is 3.18. The van der Waals surface area contributed by atoms with Crippen molar-refractivity contribution in [3.8, 4) is 11.6 Å². The summed E-state index contributed by atoms with van der Waals surface area (Å²) in [7, 11) is 0. The quantitative estimate of drug-likeness (QED) is 0.734. The van der Waals surface area contributed by atoms with Crippen LogP contribution in [-0.4, -0.2) is 19.7 Å². The standard InChI is InChI=1S/C13H9BrN4O2/c14-10-5-2-1-4-9(10)8-18-12(17-20-13(18)19)11-15-6-3-7-16-11/h1-7H,8H2. The molecule has 6 nitrogen and oxygen atoms in total. The van der Waals surface area contributed by atoms with Crippen LogP contribution in [0.2, 0.25) is 0 Å². The summed E-state index contributed by atoms with van der Waals surface area (Å²) in [5, 5.41) is 3.75. The lowest BCUT2D eigenvalue weighted by molar-refractivity contribution is 0.378. The highest BCUT2D eigenvalue weighted by molar-refractivity contribution is 9.10. The largest absolute Gasteiger partial charge is 0.442 e. The molecule has 0 bridgehead atoms. The normalized spacial score (nSPS) is 10.7. The minimum atomic E-state index is -0.539. The molecule has 0 atom stereocenters. The van der Waals surface area contributed by atoms with E-state index in [0.29, 0.717) is 18.2 Å². The molecular formula is C13H9BrN4O2. The van der Waals surface area contributed by atoms with Gasteiger partial charge in [0.1, 0.15) is 0 Å². The van der Waals surface area contributed by atoms with E-state index in [2.05, 4.69) is 31.1 Å². The van der Waals surface area contributed by atoms with Gasteiger partial charge < -0.3 is 0 Å². The van der Waals surface area contributed by atoms with Gasteiger partial charge in [-0.25, -0.2) is 19.3 Å². The molecule has 0 aliphatic heterocycles. The summed E-state index contributed by atoms with van der Waals surface area (Å²) in [5.41, 5.74) is 0.940. The van der Waals surface area contributed by atoms with Crippen molar-refractivity contribution in [1.29, 1.82) is 0 Å². The zero-order chi connectivity index (χ0) is 13.9. The minimum Gasteiger partial charge on any atom is -0.295 e. The Labute approximate surface area is 122 Å². The molecule has 3 aromatic rings. The number of hydrogen-bond donors (Lipinski definition) is 0. The second kappa shape index (κ2) is 5.38. The van der Waals surface area contributed by atoms with E-state index >= 15 is 0 Å². The van der Waals surface area contributed by atoms with Crippen LogP contribution in [0.4, 0.5) is 0 Å². The Bertz CT molecular complexity index is 782. The molecule has 0 spiro atoms. The zero-order valence-corrected chi connectivity index (χ0v) is 11.8. The number of aromatic nitrogens is 4. The molecule has 0 aliphatic rings. The van der Waals surface area contributed by atoms with Crippen molar-refractivity contribution < 1.29 is 4.52 Å². The lowest BCUT2D eigenvalue weighted by Crippen LogP contribution is -2.17. The van der Waals surface area contributed by atoms with Crippen LogP contribution in [0.3, 0.4) is 0 Å². The van der Waals surface area contributed by atoms with Gasteiger partial charge >= 0.3 is 5.76 Å². The topological polar surface area (TPSA) is 73.8 Å². The number of halogens is 1. The van der Waals surface area contributed by atoms with E-state index in [9.17, 15) is 4.79 Å². The van der Waals surface area contributed by atoms with E-state index in [0.717, 1.165) is 10.0 Å². The first-order valence-electron chi connectivity index (χ1n) is 5.83. The molecule has 0 saturated heterocycles. The second-order valence-electron chi connectivity index (χ2n) is 4.02. The monoisotopic (exact) mass is 332 g/mol. The van der Waals surface area contributed by atoms with Gasteiger partial charge in [0.2, 0.25) is 5.82 Å². The van der Waals surface area contributed by atoms with Gasteiger partial charge in [-0.15, -0.1) is 0 Å². The Morgan fingerprint density at radius 3 is 2.65 bits per heavy atom. The predicted molar refractivity (Wildman–Crippen MR) is 75.0 cm³/mol. The molecule has 100 valence electrons. The highest BCUT2D eigenvalue weighted by Crippen LogP contribution is 2.18. The molecule has 0 radical (unpaired) electrons. The Hall–Kier alpha value is -2.28. The molecule has 3 rings (SSSR count). The molecule has 20 heavy (non-hydrogen) atoms. The average Bonchev–Trinajstić information content (AvgIpc) is 2.84. The van der Waals surface area contributed by atoms with Gasteiger partial charge in [-0.2, -0.15) is 0 Å². The fourth-order valence-corrected chi connectivity index (χ4v) is 2.19. The fourth-order valence-electron chi connectivity index (χ4n) is 1.78. The van der Waals surface area contributed by atoms with Crippen LogP contribution in [0.5, 0.6) is 0 Å². The molecule has 2 heterocycles. The maximum atomic E-state index is 11.8. The summed E-state index contributed by atoms with van der Waals surface area (Å²) in [6.45, 7) is 0.331. The smallest absolute Gasteiger partial charge is 0.295 e. The summed E-state index contributed by atoms with van der Waals surface area (Å²) in [6, 6.07) is 9.33.